The van der Waals surface area contributed by atoms with E-state index in [1.54, 1.807) is 4.40 Å². The zero-order valence-corrected chi connectivity index (χ0v) is 13.9. The van der Waals surface area contributed by atoms with E-state index in [9.17, 15) is 4.79 Å². The fourth-order valence-electron chi connectivity index (χ4n) is 2.72. The van der Waals surface area contributed by atoms with Crippen molar-refractivity contribution in [3.63, 3.8) is 0 Å². The van der Waals surface area contributed by atoms with E-state index in [1.807, 2.05) is 11.5 Å². The topological polar surface area (TPSA) is 64.5 Å². The molecule has 0 radical (unpaired) electrons. The van der Waals surface area contributed by atoms with Crippen molar-refractivity contribution >= 4 is 32.1 Å². The molecule has 0 spiro atoms. The predicted molar refractivity (Wildman–Crippen MR) is 85.9 cm³/mol. The number of halogens is 1. The summed E-state index contributed by atoms with van der Waals surface area (Å²) in [5, 5.41) is 8.38. The lowest BCUT2D eigenvalue weighted by Crippen LogP contribution is -2.23. The largest absolute Gasteiger partial charge is 0.294 e. The lowest BCUT2D eigenvalue weighted by atomic mass is 10.2. The van der Waals surface area contributed by atoms with Crippen molar-refractivity contribution in [2.75, 3.05) is 0 Å². The Morgan fingerprint density at radius 2 is 2.05 bits per heavy atom. The Morgan fingerprint density at radius 1 is 1.24 bits per heavy atom. The van der Waals surface area contributed by atoms with Crippen LogP contribution in [-0.4, -0.2) is 23.8 Å². The van der Waals surface area contributed by atoms with Gasteiger partial charge in [0.25, 0.3) is 5.56 Å². The van der Waals surface area contributed by atoms with Crippen LogP contribution in [0.3, 0.4) is 0 Å². The molecule has 3 heterocycles. The molecule has 2 aromatic rings. The first-order valence-corrected chi connectivity index (χ1v) is 8.19. The van der Waals surface area contributed by atoms with Gasteiger partial charge in [-0.25, -0.2) is 9.39 Å². The second-order valence-corrected chi connectivity index (χ2v) is 6.15. The van der Waals surface area contributed by atoms with Crippen molar-refractivity contribution in [2.45, 2.75) is 52.5 Å². The zero-order chi connectivity index (χ0) is 15.0. The van der Waals surface area contributed by atoms with Crippen LogP contribution >= 0.6 is 15.9 Å². The summed E-state index contributed by atoms with van der Waals surface area (Å²) in [6, 6.07) is 0. The molecule has 21 heavy (non-hydrogen) atoms. The Morgan fingerprint density at radius 3 is 2.76 bits per heavy atom. The Bertz CT molecular complexity index is 774. The third-order valence-electron chi connectivity index (χ3n) is 3.79. The normalized spacial score (nSPS) is 13.8. The molecular weight excluding hydrogens is 334 g/mol. The second-order valence-electron chi connectivity index (χ2n) is 5.24. The highest BCUT2D eigenvalue weighted by atomic mass is 79.9. The Hall–Kier alpha value is -1.50. The monoisotopic (exact) mass is 351 g/mol. The first-order valence-electron chi connectivity index (χ1n) is 7.40. The fraction of sp³-hybridized carbons (Fsp3) is 0.571. The molecule has 0 bridgehead atoms. The number of aromatic nitrogens is 4. The van der Waals surface area contributed by atoms with Crippen LogP contribution in [0.15, 0.2) is 9.79 Å². The molecule has 0 amide bonds. The number of aryl methyl sites for hydroxylation is 2. The average Bonchev–Trinajstić information content (AvgIpc) is 3.06. The Kier molecular flexibility index (Phi) is 3.93. The molecule has 0 aliphatic carbocycles. The van der Waals surface area contributed by atoms with Gasteiger partial charge in [-0.05, 0) is 22.4 Å². The number of fused-ring (bicyclic) bond motifs is 2. The van der Waals surface area contributed by atoms with Gasteiger partial charge in [-0.3, -0.25) is 9.36 Å². The van der Waals surface area contributed by atoms with E-state index in [0.29, 0.717) is 24.4 Å². The maximum atomic E-state index is 12.7. The SMILES string of the molecule is CCCCCn1c2c(c(=O)n3c(CC)nnc13)CC(Br)=N2. The van der Waals surface area contributed by atoms with Crippen LogP contribution < -0.4 is 5.56 Å². The van der Waals surface area contributed by atoms with Crippen molar-refractivity contribution < 1.29 is 0 Å². The molecule has 1 aliphatic heterocycles. The van der Waals surface area contributed by atoms with Crippen LogP contribution in [0.1, 0.15) is 44.5 Å². The summed E-state index contributed by atoms with van der Waals surface area (Å²) in [5.41, 5.74) is 0.701. The minimum atomic E-state index is -0.0354. The van der Waals surface area contributed by atoms with Crippen LogP contribution in [0.2, 0.25) is 0 Å². The summed E-state index contributed by atoms with van der Waals surface area (Å²) in [6.45, 7) is 4.97. The van der Waals surface area contributed by atoms with Crippen LogP contribution in [0.4, 0.5) is 5.82 Å². The summed E-state index contributed by atoms with van der Waals surface area (Å²) in [6.07, 6.45) is 4.58. The van der Waals surface area contributed by atoms with Crippen LogP contribution in [-0.2, 0) is 19.4 Å². The molecule has 0 N–H and O–H groups in total. The van der Waals surface area contributed by atoms with E-state index in [0.717, 1.165) is 41.8 Å². The van der Waals surface area contributed by atoms with Crippen molar-refractivity contribution in [1.82, 2.24) is 19.2 Å². The number of nitrogens with zero attached hydrogens (tertiary/aromatic N) is 5. The molecule has 6 nitrogen and oxygen atoms in total. The molecule has 112 valence electrons. The molecule has 0 atom stereocenters. The highest BCUT2D eigenvalue weighted by molar-refractivity contribution is 9.18. The summed E-state index contributed by atoms with van der Waals surface area (Å²) in [4.78, 5) is 17.2. The highest BCUT2D eigenvalue weighted by Gasteiger charge is 2.24. The van der Waals surface area contributed by atoms with E-state index < -0.39 is 0 Å². The molecule has 7 heteroatoms. The minimum absolute atomic E-state index is 0.0354. The number of aliphatic imine (C=N–C) groups is 1. The van der Waals surface area contributed by atoms with Gasteiger partial charge in [0.1, 0.15) is 11.6 Å². The first kappa shape index (κ1) is 14.4. The van der Waals surface area contributed by atoms with Gasteiger partial charge in [0.15, 0.2) is 0 Å². The van der Waals surface area contributed by atoms with Crippen molar-refractivity contribution in [3.05, 3.63) is 21.7 Å². The van der Waals surface area contributed by atoms with Crippen molar-refractivity contribution in [3.8, 4) is 0 Å². The van der Waals surface area contributed by atoms with E-state index in [1.165, 1.54) is 0 Å². The molecule has 0 aromatic carbocycles. The average molecular weight is 352 g/mol. The van der Waals surface area contributed by atoms with Crippen LogP contribution in [0.25, 0.3) is 5.78 Å². The van der Waals surface area contributed by atoms with Crippen molar-refractivity contribution in [1.29, 1.82) is 0 Å². The maximum Gasteiger partial charge on any atom is 0.266 e. The third-order valence-corrected chi connectivity index (χ3v) is 4.25. The van der Waals surface area contributed by atoms with Crippen LogP contribution in [0, 0.1) is 0 Å². The Labute approximate surface area is 131 Å². The molecule has 1 aliphatic rings. The second kappa shape index (κ2) is 5.71. The summed E-state index contributed by atoms with van der Waals surface area (Å²) < 4.78 is 4.48. The van der Waals surface area contributed by atoms with E-state index in [2.05, 4.69) is 38.0 Å². The fourth-order valence-corrected chi connectivity index (χ4v) is 3.16. The lowest BCUT2D eigenvalue weighted by Gasteiger charge is -2.12. The van der Waals surface area contributed by atoms with Gasteiger partial charge in [0.05, 0.1) is 10.2 Å². The van der Waals surface area contributed by atoms with Gasteiger partial charge in [-0.2, -0.15) is 0 Å². The number of hydrogen-bond acceptors (Lipinski definition) is 4. The minimum Gasteiger partial charge on any atom is -0.294 e. The van der Waals surface area contributed by atoms with Gasteiger partial charge in [-0.15, -0.1) is 10.2 Å². The summed E-state index contributed by atoms with van der Waals surface area (Å²) >= 11 is 3.42. The molecule has 0 saturated heterocycles. The first-order chi connectivity index (χ1) is 10.2. The quantitative estimate of drug-likeness (QED) is 0.777. The molecule has 0 fully saturated rings. The van der Waals surface area contributed by atoms with Crippen LogP contribution in [0.5, 0.6) is 0 Å². The summed E-state index contributed by atoms with van der Waals surface area (Å²) in [7, 11) is 0. The highest BCUT2D eigenvalue weighted by Crippen LogP contribution is 2.28. The summed E-state index contributed by atoms with van der Waals surface area (Å²) in [5.74, 6) is 2.06. The Balaban J connectivity index is 2.22. The standard InChI is InChI=1S/C14H18BrN5O/c1-3-5-6-7-19-12-9(8-10(15)16-12)13(21)20-11(4-2)17-18-14(19)20/h3-8H2,1-2H3. The van der Waals surface area contributed by atoms with Gasteiger partial charge in [-0.1, -0.05) is 26.7 Å². The predicted octanol–water partition coefficient (Wildman–Crippen LogP) is 2.62. The van der Waals surface area contributed by atoms with Gasteiger partial charge >= 0.3 is 0 Å². The third kappa shape index (κ3) is 2.33. The van der Waals surface area contributed by atoms with Gasteiger partial charge in [0.2, 0.25) is 5.78 Å². The number of hydrogen-bond donors (Lipinski definition) is 0. The van der Waals surface area contributed by atoms with Crippen molar-refractivity contribution in [2.24, 2.45) is 4.99 Å². The van der Waals surface area contributed by atoms with E-state index in [-0.39, 0.29) is 5.56 Å². The maximum absolute atomic E-state index is 12.7. The van der Waals surface area contributed by atoms with E-state index in [4.69, 9.17) is 0 Å². The molecule has 2 aromatic heterocycles. The molecule has 0 saturated carbocycles. The molecule has 0 unspecified atom stereocenters. The van der Waals surface area contributed by atoms with E-state index >= 15 is 0 Å². The number of rotatable bonds is 5. The smallest absolute Gasteiger partial charge is 0.266 e. The number of unbranched alkanes of at least 4 members (excludes halogenated alkanes) is 2. The lowest BCUT2D eigenvalue weighted by molar-refractivity contribution is 0.602. The van der Waals surface area contributed by atoms with Gasteiger partial charge in [0, 0.05) is 19.4 Å². The zero-order valence-electron chi connectivity index (χ0n) is 12.3. The molecule has 3 rings (SSSR count). The van der Waals surface area contributed by atoms with Gasteiger partial charge < -0.3 is 0 Å². The molecular formula is C14H18BrN5O.